The van der Waals surface area contributed by atoms with Gasteiger partial charge in [0, 0.05) is 6.54 Å². The minimum absolute atomic E-state index is 0.0514. The summed E-state index contributed by atoms with van der Waals surface area (Å²) in [7, 11) is 0. The Morgan fingerprint density at radius 2 is 2.00 bits per heavy atom. The van der Waals surface area contributed by atoms with E-state index < -0.39 is 0 Å². The molecule has 1 amide bonds. The van der Waals surface area contributed by atoms with Crippen molar-refractivity contribution in [3.8, 4) is 0 Å². The van der Waals surface area contributed by atoms with Crippen LogP contribution >= 0.6 is 0 Å². The summed E-state index contributed by atoms with van der Waals surface area (Å²) in [6.07, 6.45) is 5.16. The Morgan fingerprint density at radius 1 is 1.29 bits per heavy atom. The topological polar surface area (TPSA) is 32.3 Å². The van der Waals surface area contributed by atoms with Crippen LogP contribution in [0.25, 0.3) is 0 Å². The van der Waals surface area contributed by atoms with Crippen molar-refractivity contribution < 1.29 is 4.79 Å². The Kier molecular flexibility index (Phi) is 3.78. The monoisotopic (exact) mass is 286 g/mol. The van der Waals surface area contributed by atoms with Crippen molar-refractivity contribution in [2.24, 2.45) is 5.41 Å². The molecule has 1 aromatic rings. The number of hydrogen-bond donors (Lipinski definition) is 1. The highest BCUT2D eigenvalue weighted by molar-refractivity contribution is 5.81. The highest BCUT2D eigenvalue weighted by Crippen LogP contribution is 2.40. The van der Waals surface area contributed by atoms with Crippen molar-refractivity contribution in [3.05, 3.63) is 34.9 Å². The van der Waals surface area contributed by atoms with E-state index >= 15 is 0 Å². The number of nitrogens with zero attached hydrogens (tertiary/aromatic N) is 1. The van der Waals surface area contributed by atoms with Gasteiger partial charge in [-0.15, -0.1) is 0 Å². The SMILES string of the molecule is Cc1ccc(C2NCC(=O)N2CC2(C)CCCC2)c(C)c1. The molecule has 3 nitrogen and oxygen atoms in total. The largest absolute Gasteiger partial charge is 0.321 e. The summed E-state index contributed by atoms with van der Waals surface area (Å²) < 4.78 is 0. The van der Waals surface area contributed by atoms with Gasteiger partial charge in [-0.05, 0) is 43.2 Å². The first-order valence-electron chi connectivity index (χ1n) is 8.09. The smallest absolute Gasteiger partial charge is 0.238 e. The molecule has 1 heterocycles. The first-order chi connectivity index (χ1) is 9.98. The fourth-order valence-electron chi connectivity index (χ4n) is 3.93. The first-order valence-corrected chi connectivity index (χ1v) is 8.09. The molecule has 0 aromatic heterocycles. The third-order valence-electron chi connectivity index (χ3n) is 5.16. The van der Waals surface area contributed by atoms with Gasteiger partial charge in [0.05, 0.1) is 6.54 Å². The van der Waals surface area contributed by atoms with E-state index in [1.54, 1.807) is 0 Å². The Morgan fingerprint density at radius 3 is 2.67 bits per heavy atom. The number of carbonyl (C=O) groups excluding carboxylic acids is 1. The van der Waals surface area contributed by atoms with E-state index in [0.29, 0.717) is 12.0 Å². The van der Waals surface area contributed by atoms with Gasteiger partial charge in [-0.1, -0.05) is 43.5 Å². The minimum atomic E-state index is 0.0514. The van der Waals surface area contributed by atoms with Crippen molar-refractivity contribution >= 4 is 5.91 Å². The third kappa shape index (κ3) is 2.84. The molecule has 0 radical (unpaired) electrons. The quantitative estimate of drug-likeness (QED) is 0.924. The van der Waals surface area contributed by atoms with E-state index in [-0.39, 0.29) is 12.1 Å². The van der Waals surface area contributed by atoms with Gasteiger partial charge in [0.2, 0.25) is 5.91 Å². The maximum Gasteiger partial charge on any atom is 0.238 e. The molecule has 2 aliphatic rings. The average Bonchev–Trinajstić information content (AvgIpc) is 2.99. The normalized spacial score (nSPS) is 24.8. The van der Waals surface area contributed by atoms with E-state index in [9.17, 15) is 4.79 Å². The Bertz CT molecular complexity index is 546. The van der Waals surface area contributed by atoms with Crippen molar-refractivity contribution in [2.75, 3.05) is 13.1 Å². The maximum atomic E-state index is 12.3. The second kappa shape index (κ2) is 5.45. The van der Waals surface area contributed by atoms with Crippen LogP contribution in [0.5, 0.6) is 0 Å². The van der Waals surface area contributed by atoms with Crippen LogP contribution < -0.4 is 5.32 Å². The first kappa shape index (κ1) is 14.6. The molecule has 0 bridgehead atoms. The van der Waals surface area contributed by atoms with E-state index in [4.69, 9.17) is 0 Å². The number of hydrogen-bond acceptors (Lipinski definition) is 2. The molecular weight excluding hydrogens is 260 g/mol. The molecule has 1 atom stereocenters. The number of carbonyl (C=O) groups is 1. The van der Waals surface area contributed by atoms with Crippen LogP contribution in [0.2, 0.25) is 0 Å². The van der Waals surface area contributed by atoms with Gasteiger partial charge >= 0.3 is 0 Å². The zero-order chi connectivity index (χ0) is 15.0. The van der Waals surface area contributed by atoms with Gasteiger partial charge in [0.1, 0.15) is 6.17 Å². The van der Waals surface area contributed by atoms with Gasteiger partial charge in [0.15, 0.2) is 0 Å². The van der Waals surface area contributed by atoms with Gasteiger partial charge in [0.25, 0.3) is 0 Å². The fourth-order valence-corrected chi connectivity index (χ4v) is 3.93. The molecule has 3 rings (SSSR count). The summed E-state index contributed by atoms with van der Waals surface area (Å²) in [5.74, 6) is 0.244. The number of nitrogens with one attached hydrogen (secondary N) is 1. The molecule has 1 N–H and O–H groups in total. The van der Waals surface area contributed by atoms with Crippen LogP contribution in [0.1, 0.15) is 55.5 Å². The van der Waals surface area contributed by atoms with Crippen LogP contribution in [0.15, 0.2) is 18.2 Å². The highest BCUT2D eigenvalue weighted by atomic mass is 16.2. The third-order valence-corrected chi connectivity index (χ3v) is 5.16. The van der Waals surface area contributed by atoms with E-state index in [2.05, 4.69) is 49.2 Å². The second-order valence-electron chi connectivity index (χ2n) is 7.18. The second-order valence-corrected chi connectivity index (χ2v) is 7.18. The minimum Gasteiger partial charge on any atom is -0.321 e. The van der Waals surface area contributed by atoms with E-state index in [0.717, 1.165) is 6.54 Å². The summed E-state index contributed by atoms with van der Waals surface area (Å²) in [6, 6.07) is 6.52. The zero-order valence-electron chi connectivity index (χ0n) is 13.4. The summed E-state index contributed by atoms with van der Waals surface area (Å²) in [5.41, 5.74) is 4.09. The molecule has 2 fully saturated rings. The summed E-state index contributed by atoms with van der Waals surface area (Å²) in [6.45, 7) is 7.94. The molecule has 0 spiro atoms. The lowest BCUT2D eigenvalue weighted by atomic mass is 9.88. The summed E-state index contributed by atoms with van der Waals surface area (Å²) in [5, 5.41) is 3.40. The number of aryl methyl sites for hydroxylation is 2. The van der Waals surface area contributed by atoms with Gasteiger partial charge < -0.3 is 4.90 Å². The standard InChI is InChI=1S/C18H26N2O/c1-13-6-7-15(14(2)10-13)17-19-11-16(21)20(17)12-18(3)8-4-5-9-18/h6-7,10,17,19H,4-5,8-9,11-12H2,1-3H3. The predicted molar refractivity (Wildman–Crippen MR) is 84.9 cm³/mol. The molecule has 1 aliphatic heterocycles. The molecule has 1 aliphatic carbocycles. The van der Waals surface area contributed by atoms with Crippen molar-refractivity contribution in [1.29, 1.82) is 0 Å². The van der Waals surface area contributed by atoms with E-state index in [1.807, 2.05) is 0 Å². The molecular formula is C18H26N2O. The lowest BCUT2D eigenvalue weighted by molar-refractivity contribution is -0.129. The Balaban J connectivity index is 1.85. The van der Waals surface area contributed by atoms with Crippen molar-refractivity contribution in [1.82, 2.24) is 10.2 Å². The van der Waals surface area contributed by atoms with Crippen LogP contribution in [0.3, 0.4) is 0 Å². The summed E-state index contributed by atoms with van der Waals surface area (Å²) >= 11 is 0. The van der Waals surface area contributed by atoms with Crippen LogP contribution in [0.4, 0.5) is 0 Å². The lowest BCUT2D eigenvalue weighted by Crippen LogP contribution is -2.38. The molecule has 21 heavy (non-hydrogen) atoms. The predicted octanol–water partition coefficient (Wildman–Crippen LogP) is 3.31. The van der Waals surface area contributed by atoms with Crippen molar-refractivity contribution in [2.45, 2.75) is 52.6 Å². The van der Waals surface area contributed by atoms with Crippen LogP contribution in [-0.2, 0) is 4.79 Å². The molecule has 1 saturated heterocycles. The van der Waals surface area contributed by atoms with Gasteiger partial charge in [-0.3, -0.25) is 10.1 Å². The Hall–Kier alpha value is -1.35. The molecule has 3 heteroatoms. The van der Waals surface area contributed by atoms with E-state index in [1.165, 1.54) is 42.4 Å². The molecule has 1 unspecified atom stereocenters. The average molecular weight is 286 g/mol. The number of benzene rings is 1. The van der Waals surface area contributed by atoms with Crippen molar-refractivity contribution in [3.63, 3.8) is 0 Å². The maximum absolute atomic E-state index is 12.3. The van der Waals surface area contributed by atoms with Gasteiger partial charge in [-0.2, -0.15) is 0 Å². The lowest BCUT2D eigenvalue weighted by Gasteiger charge is -2.34. The fraction of sp³-hybridized carbons (Fsp3) is 0.611. The molecule has 114 valence electrons. The number of amides is 1. The summed E-state index contributed by atoms with van der Waals surface area (Å²) in [4.78, 5) is 14.4. The number of rotatable bonds is 3. The van der Waals surface area contributed by atoms with Crippen LogP contribution in [0, 0.1) is 19.3 Å². The molecule has 1 aromatic carbocycles. The Labute approximate surface area is 127 Å². The van der Waals surface area contributed by atoms with Crippen LogP contribution in [-0.4, -0.2) is 23.9 Å². The zero-order valence-corrected chi connectivity index (χ0v) is 13.4. The molecule has 1 saturated carbocycles. The van der Waals surface area contributed by atoms with Gasteiger partial charge in [-0.25, -0.2) is 0 Å². The highest BCUT2D eigenvalue weighted by Gasteiger charge is 2.38.